The smallest absolute Gasteiger partial charge is 0.183 e. The van der Waals surface area contributed by atoms with Crippen molar-refractivity contribution in [3.8, 4) is 0 Å². The van der Waals surface area contributed by atoms with Crippen LogP contribution in [0.15, 0.2) is 22.5 Å². The number of hydrogen-bond donors (Lipinski definition) is 2. The van der Waals surface area contributed by atoms with Crippen molar-refractivity contribution in [1.29, 1.82) is 5.41 Å². The molecule has 0 radical (unpaired) electrons. The molecule has 0 amide bonds. The second kappa shape index (κ2) is 2.88. The highest BCUT2D eigenvalue weighted by molar-refractivity contribution is 5.97. The van der Waals surface area contributed by atoms with Gasteiger partial charge >= 0.3 is 0 Å². The first-order chi connectivity index (χ1) is 6.50. The molecule has 0 saturated heterocycles. The third-order valence-corrected chi connectivity index (χ3v) is 2.35. The molecule has 0 fully saturated rings. The van der Waals surface area contributed by atoms with Gasteiger partial charge in [0.05, 0.1) is 5.71 Å². The molecule has 0 aliphatic carbocycles. The van der Waals surface area contributed by atoms with Crippen molar-refractivity contribution in [3.05, 3.63) is 12.3 Å². The number of fused-ring (bicyclic) bond motifs is 1. The first-order valence-electron chi connectivity index (χ1n) is 4.69. The van der Waals surface area contributed by atoms with Crippen LogP contribution in [-0.2, 0) is 0 Å². The van der Waals surface area contributed by atoms with Crippen molar-refractivity contribution >= 4 is 5.71 Å². The number of hydrazine groups is 1. The summed E-state index contributed by atoms with van der Waals surface area (Å²) in [6, 6.07) is 0. The van der Waals surface area contributed by atoms with Crippen LogP contribution in [0.3, 0.4) is 0 Å². The highest BCUT2D eigenvalue weighted by Crippen LogP contribution is 2.31. The summed E-state index contributed by atoms with van der Waals surface area (Å²) in [5.74, 6) is 0. The average molecular weight is 193 g/mol. The lowest BCUT2D eigenvalue weighted by atomic mass is 9.92. The van der Waals surface area contributed by atoms with E-state index in [1.165, 1.54) is 0 Å². The van der Waals surface area contributed by atoms with Gasteiger partial charge < -0.3 is 10.8 Å². The number of hydrogen-bond acceptors (Lipinski definition) is 5. The fraction of sp³-hybridized carbons (Fsp3) is 0.667. The summed E-state index contributed by atoms with van der Waals surface area (Å²) in [5, 5.41) is 17.9. The Kier molecular flexibility index (Phi) is 1.92. The zero-order chi connectivity index (χ0) is 10.3. The first-order valence-corrected chi connectivity index (χ1v) is 4.69. The van der Waals surface area contributed by atoms with Crippen molar-refractivity contribution in [1.82, 2.24) is 10.4 Å². The molecular formula is C9H15N5. The molecule has 2 aliphatic heterocycles. The Bertz CT molecular complexity index is 312. The van der Waals surface area contributed by atoms with Crippen molar-refractivity contribution < 1.29 is 0 Å². The summed E-state index contributed by atoms with van der Waals surface area (Å²) in [5.41, 5.74) is 3.60. The fourth-order valence-electron chi connectivity index (χ4n) is 1.61. The normalized spacial score (nSPS) is 31.8. The Balaban J connectivity index is 2.25. The molecule has 2 rings (SSSR count). The lowest BCUT2D eigenvalue weighted by Crippen LogP contribution is -2.53. The number of nitrogens with zero attached hydrogens (tertiary/aromatic N) is 3. The summed E-state index contributed by atoms with van der Waals surface area (Å²) < 4.78 is 0. The molecule has 5 heteroatoms. The first kappa shape index (κ1) is 9.33. The van der Waals surface area contributed by atoms with Crippen LogP contribution in [0.2, 0.25) is 0 Å². The van der Waals surface area contributed by atoms with Gasteiger partial charge in [-0.05, 0) is 6.08 Å². The van der Waals surface area contributed by atoms with Crippen molar-refractivity contribution in [3.63, 3.8) is 0 Å². The second-order valence-corrected chi connectivity index (χ2v) is 4.67. The van der Waals surface area contributed by atoms with E-state index in [-0.39, 0.29) is 17.7 Å². The van der Waals surface area contributed by atoms with Gasteiger partial charge in [0.25, 0.3) is 0 Å². The Hall–Kier alpha value is -1.23. The van der Waals surface area contributed by atoms with Crippen LogP contribution >= 0.6 is 0 Å². The summed E-state index contributed by atoms with van der Waals surface area (Å²) in [7, 11) is 0. The third-order valence-electron chi connectivity index (χ3n) is 2.35. The topological polar surface area (TPSA) is 63.8 Å². The molecule has 2 heterocycles. The van der Waals surface area contributed by atoms with E-state index in [1.807, 2.05) is 5.01 Å². The molecule has 0 aromatic rings. The van der Waals surface area contributed by atoms with Crippen LogP contribution in [-0.4, -0.2) is 23.1 Å². The monoisotopic (exact) mass is 193 g/mol. The number of rotatable bonds is 0. The Morgan fingerprint density at radius 3 is 2.79 bits per heavy atom. The molecule has 0 saturated carbocycles. The van der Waals surface area contributed by atoms with E-state index in [4.69, 9.17) is 5.41 Å². The van der Waals surface area contributed by atoms with E-state index in [1.54, 1.807) is 12.3 Å². The second-order valence-electron chi connectivity index (χ2n) is 4.67. The average Bonchev–Trinajstić information content (AvgIpc) is 2.47. The molecule has 0 aromatic carbocycles. The molecular weight excluding hydrogens is 178 g/mol. The van der Waals surface area contributed by atoms with Gasteiger partial charge in [-0.15, -0.1) is 0 Å². The molecule has 5 nitrogen and oxygen atoms in total. The van der Waals surface area contributed by atoms with Gasteiger partial charge in [-0.3, -0.25) is 0 Å². The molecule has 2 unspecified atom stereocenters. The summed E-state index contributed by atoms with van der Waals surface area (Å²) in [4.78, 5) is 0. The van der Waals surface area contributed by atoms with Gasteiger partial charge in [-0.25, -0.2) is 0 Å². The van der Waals surface area contributed by atoms with Crippen molar-refractivity contribution in [2.45, 2.75) is 33.1 Å². The summed E-state index contributed by atoms with van der Waals surface area (Å²) in [6.07, 6.45) is 3.22. The lowest BCUT2D eigenvalue weighted by Gasteiger charge is -2.35. The minimum absolute atomic E-state index is 0.00204. The largest absolute Gasteiger partial charge is 0.322 e. The quantitative estimate of drug-likeness (QED) is 0.612. The Morgan fingerprint density at radius 2 is 2.14 bits per heavy atom. The zero-order valence-corrected chi connectivity index (χ0v) is 8.65. The molecule has 14 heavy (non-hydrogen) atoms. The van der Waals surface area contributed by atoms with Gasteiger partial charge in [0.15, 0.2) is 6.17 Å². The van der Waals surface area contributed by atoms with Crippen LogP contribution in [0.1, 0.15) is 20.8 Å². The molecule has 2 atom stereocenters. The van der Waals surface area contributed by atoms with Gasteiger partial charge in [-0.2, -0.15) is 15.2 Å². The van der Waals surface area contributed by atoms with Crippen LogP contribution in [0.5, 0.6) is 0 Å². The van der Waals surface area contributed by atoms with E-state index in [2.05, 4.69) is 36.4 Å². The Labute approximate surface area is 83.4 Å². The SMILES string of the molecule is CC(C)(C)C1N=NC2C(=N)C=CNN21. The molecule has 0 aromatic heterocycles. The zero-order valence-electron chi connectivity index (χ0n) is 8.65. The van der Waals surface area contributed by atoms with Gasteiger partial charge in [0, 0.05) is 11.6 Å². The van der Waals surface area contributed by atoms with E-state index < -0.39 is 0 Å². The summed E-state index contributed by atoms with van der Waals surface area (Å²) in [6.45, 7) is 6.34. The van der Waals surface area contributed by atoms with E-state index in [9.17, 15) is 0 Å². The van der Waals surface area contributed by atoms with E-state index in [0.717, 1.165) is 0 Å². The predicted octanol–water partition coefficient (Wildman–Crippen LogP) is 1.50. The maximum Gasteiger partial charge on any atom is 0.183 e. The third kappa shape index (κ3) is 1.33. The standard InChI is InChI=1S/C9H15N5/c1-9(2,3)8-13-12-7-6(10)4-5-11-14(7)8/h4-5,7-8,10-11H,1-3H3. The maximum absolute atomic E-state index is 7.69. The minimum atomic E-state index is -0.246. The van der Waals surface area contributed by atoms with Gasteiger partial charge in [-0.1, -0.05) is 20.8 Å². The Morgan fingerprint density at radius 1 is 1.43 bits per heavy atom. The van der Waals surface area contributed by atoms with Crippen LogP contribution in [0.25, 0.3) is 0 Å². The molecule has 76 valence electrons. The van der Waals surface area contributed by atoms with E-state index >= 15 is 0 Å². The predicted molar refractivity (Wildman–Crippen MR) is 53.7 cm³/mol. The van der Waals surface area contributed by atoms with Gasteiger partial charge in [0.2, 0.25) is 0 Å². The fourth-order valence-corrected chi connectivity index (χ4v) is 1.61. The lowest BCUT2D eigenvalue weighted by molar-refractivity contribution is 0.0830. The molecule has 0 spiro atoms. The van der Waals surface area contributed by atoms with Crippen LogP contribution in [0, 0.1) is 10.8 Å². The number of nitrogens with one attached hydrogen (secondary N) is 2. The van der Waals surface area contributed by atoms with Gasteiger partial charge in [0.1, 0.15) is 6.17 Å². The van der Waals surface area contributed by atoms with Crippen LogP contribution < -0.4 is 5.43 Å². The molecule has 2 aliphatic rings. The van der Waals surface area contributed by atoms with Crippen molar-refractivity contribution in [2.24, 2.45) is 15.6 Å². The highest BCUT2D eigenvalue weighted by atomic mass is 15.7. The van der Waals surface area contributed by atoms with E-state index in [0.29, 0.717) is 5.71 Å². The van der Waals surface area contributed by atoms with Crippen LogP contribution in [0.4, 0.5) is 0 Å². The maximum atomic E-state index is 7.69. The van der Waals surface area contributed by atoms with Crippen molar-refractivity contribution in [2.75, 3.05) is 0 Å². The number of azo groups is 1. The minimum Gasteiger partial charge on any atom is -0.322 e. The summed E-state index contributed by atoms with van der Waals surface area (Å²) >= 11 is 0. The highest BCUT2D eigenvalue weighted by Gasteiger charge is 2.41. The molecule has 0 bridgehead atoms. The molecule has 2 N–H and O–H groups in total.